The molecule has 0 unspecified atom stereocenters. The number of nitrogens with zero attached hydrogens (tertiary/aromatic N) is 4. The predicted molar refractivity (Wildman–Crippen MR) is 202 cm³/mol. The molecule has 46 heavy (non-hydrogen) atoms. The fourth-order valence-corrected chi connectivity index (χ4v) is 7.90. The van der Waals surface area contributed by atoms with Gasteiger partial charge in [0.2, 0.25) is 0 Å². The lowest BCUT2D eigenvalue weighted by atomic mass is 9.87. The van der Waals surface area contributed by atoms with Gasteiger partial charge in [-0.15, -0.1) is 0 Å². The second kappa shape index (κ2) is 15.5. The van der Waals surface area contributed by atoms with Gasteiger partial charge in [0.15, 0.2) is 5.13 Å². The number of thiazole rings is 1. The normalized spacial score (nSPS) is 11.2. The molecule has 0 amide bonds. The van der Waals surface area contributed by atoms with Crippen LogP contribution in [0.1, 0.15) is 74.6 Å². The van der Waals surface area contributed by atoms with Crippen molar-refractivity contribution in [2.75, 3.05) is 47.4 Å². The number of aryl methyl sites for hydroxylation is 2. The van der Waals surface area contributed by atoms with E-state index < -0.39 is 0 Å². The first-order valence-corrected chi connectivity index (χ1v) is 17.9. The fraction of sp³-hybridized carbons (Fsp3) is 0.341. The smallest absolute Gasteiger partial charge is 0.190 e. The highest BCUT2D eigenvalue weighted by atomic mass is 32.1. The third-order valence-corrected chi connectivity index (χ3v) is 10.4. The van der Waals surface area contributed by atoms with Crippen LogP contribution in [0.4, 0.5) is 22.2 Å². The van der Waals surface area contributed by atoms with Crippen molar-refractivity contribution in [3.63, 3.8) is 0 Å². The van der Waals surface area contributed by atoms with Gasteiger partial charge in [-0.3, -0.25) is 0 Å². The molecule has 0 bridgehead atoms. The third kappa shape index (κ3) is 6.85. The molecule has 5 heteroatoms. The Labute approximate surface area is 281 Å². The molecule has 5 rings (SSSR count). The maximum absolute atomic E-state index is 5.52. The Kier molecular flexibility index (Phi) is 11.2. The minimum atomic E-state index is 0.0400. The molecule has 1 heterocycles. The van der Waals surface area contributed by atoms with Crippen LogP contribution in [0.25, 0.3) is 11.3 Å². The van der Waals surface area contributed by atoms with Crippen LogP contribution < -0.4 is 14.7 Å². The molecule has 4 nitrogen and oxygen atoms in total. The maximum atomic E-state index is 5.52. The lowest BCUT2D eigenvalue weighted by molar-refractivity contribution is 0.863. The number of benzene rings is 4. The Morgan fingerprint density at radius 3 is 1.63 bits per heavy atom. The van der Waals surface area contributed by atoms with Gasteiger partial charge in [-0.05, 0) is 101 Å². The van der Waals surface area contributed by atoms with Crippen LogP contribution in [0.2, 0.25) is 0 Å². The Morgan fingerprint density at radius 1 is 0.609 bits per heavy atom. The van der Waals surface area contributed by atoms with E-state index in [1.54, 1.807) is 0 Å². The molecule has 5 aromatic rings. The van der Waals surface area contributed by atoms with E-state index in [1.807, 2.05) is 11.3 Å². The summed E-state index contributed by atoms with van der Waals surface area (Å²) in [5.74, 6) is 0.0400. The summed E-state index contributed by atoms with van der Waals surface area (Å²) < 4.78 is 0. The summed E-state index contributed by atoms with van der Waals surface area (Å²) in [5.41, 5.74) is 11.2. The molecular formula is C41H50N4S. The van der Waals surface area contributed by atoms with E-state index in [-0.39, 0.29) is 5.92 Å². The van der Waals surface area contributed by atoms with E-state index >= 15 is 0 Å². The minimum absolute atomic E-state index is 0.0400. The van der Waals surface area contributed by atoms with Crippen molar-refractivity contribution in [2.45, 2.75) is 60.8 Å². The largest absolute Gasteiger partial charge is 0.372 e. The first-order valence-electron chi connectivity index (χ1n) is 17.1. The van der Waals surface area contributed by atoms with Crippen LogP contribution in [-0.2, 0) is 6.42 Å². The molecule has 0 spiro atoms. The maximum Gasteiger partial charge on any atom is 0.190 e. The van der Waals surface area contributed by atoms with Gasteiger partial charge in [0, 0.05) is 66.1 Å². The summed E-state index contributed by atoms with van der Waals surface area (Å²) >= 11 is 1.84. The number of rotatable bonds is 14. The molecule has 0 fully saturated rings. The summed E-state index contributed by atoms with van der Waals surface area (Å²) in [6, 6.07) is 36.0. The zero-order chi connectivity index (χ0) is 32.6. The van der Waals surface area contributed by atoms with Crippen LogP contribution in [0.15, 0.2) is 97.1 Å². The molecule has 0 atom stereocenters. The molecule has 0 aliphatic heterocycles. The van der Waals surface area contributed by atoms with Crippen molar-refractivity contribution in [3.05, 3.63) is 124 Å². The number of hydrogen-bond acceptors (Lipinski definition) is 5. The van der Waals surface area contributed by atoms with Crippen LogP contribution in [0.5, 0.6) is 0 Å². The van der Waals surface area contributed by atoms with Crippen molar-refractivity contribution in [2.24, 2.45) is 0 Å². The van der Waals surface area contributed by atoms with E-state index in [4.69, 9.17) is 4.98 Å². The monoisotopic (exact) mass is 630 g/mol. The van der Waals surface area contributed by atoms with E-state index in [9.17, 15) is 0 Å². The molecule has 0 saturated heterocycles. The standard InChI is InChI=1S/C41H50N4S/c1-8-31-19-15-16-20-36(31)39-40(46-41(42-39)45(13-6)37-21-17-14-18-30(37)7)38(32-22-26-34(27-23-32)43(9-2)10-3)33-24-28-35(29-25-33)44(11-4)12-5/h14-29,38H,8-13H2,1-7H3. The molecule has 0 aliphatic carbocycles. The Bertz CT molecular complexity index is 1630. The second-order valence-corrected chi connectivity index (χ2v) is 12.7. The Hall–Kier alpha value is -4.09. The molecule has 0 saturated carbocycles. The summed E-state index contributed by atoms with van der Waals surface area (Å²) in [4.78, 5) is 14.0. The van der Waals surface area contributed by atoms with Gasteiger partial charge in [0.1, 0.15) is 0 Å². The fourth-order valence-electron chi connectivity index (χ4n) is 6.59. The summed E-state index contributed by atoms with van der Waals surface area (Å²) in [5, 5.41) is 1.04. The SMILES string of the molecule is CCc1ccccc1-c1nc(N(CC)c2ccccc2C)sc1C(c1ccc(N(CC)CC)cc1)c1ccc(N(CC)CC)cc1. The average Bonchev–Trinajstić information content (AvgIpc) is 3.52. The third-order valence-electron chi connectivity index (χ3n) is 9.22. The van der Waals surface area contributed by atoms with Gasteiger partial charge >= 0.3 is 0 Å². The Morgan fingerprint density at radius 2 is 1.13 bits per heavy atom. The molecule has 0 radical (unpaired) electrons. The zero-order valence-electron chi connectivity index (χ0n) is 28.8. The van der Waals surface area contributed by atoms with Crippen molar-refractivity contribution in [1.29, 1.82) is 0 Å². The first kappa shape index (κ1) is 33.3. The van der Waals surface area contributed by atoms with Gasteiger partial charge < -0.3 is 14.7 Å². The van der Waals surface area contributed by atoms with Crippen molar-refractivity contribution < 1.29 is 0 Å². The van der Waals surface area contributed by atoms with E-state index in [0.29, 0.717) is 0 Å². The minimum Gasteiger partial charge on any atom is -0.372 e. The van der Waals surface area contributed by atoms with Crippen LogP contribution >= 0.6 is 11.3 Å². The van der Waals surface area contributed by atoms with Crippen molar-refractivity contribution in [3.8, 4) is 11.3 Å². The highest BCUT2D eigenvalue weighted by Gasteiger charge is 2.28. The summed E-state index contributed by atoms with van der Waals surface area (Å²) in [6.45, 7) is 20.4. The van der Waals surface area contributed by atoms with Gasteiger partial charge in [-0.2, -0.15) is 0 Å². The average molecular weight is 631 g/mol. The second-order valence-electron chi connectivity index (χ2n) is 11.7. The van der Waals surface area contributed by atoms with Gasteiger partial charge in [0.05, 0.1) is 5.69 Å². The molecule has 1 aromatic heterocycles. The highest BCUT2D eigenvalue weighted by Crippen LogP contribution is 2.46. The predicted octanol–water partition coefficient (Wildman–Crippen LogP) is 10.7. The number of hydrogen-bond donors (Lipinski definition) is 0. The number of para-hydroxylation sites is 1. The van der Waals surface area contributed by atoms with E-state index in [0.717, 1.165) is 50.0 Å². The van der Waals surface area contributed by atoms with Crippen LogP contribution in [0, 0.1) is 6.92 Å². The Balaban J connectivity index is 1.75. The van der Waals surface area contributed by atoms with Crippen molar-refractivity contribution >= 4 is 33.5 Å². The van der Waals surface area contributed by atoms with Gasteiger partial charge in [0.25, 0.3) is 0 Å². The molecule has 4 aromatic carbocycles. The van der Waals surface area contributed by atoms with Crippen LogP contribution in [-0.4, -0.2) is 37.7 Å². The lowest BCUT2D eigenvalue weighted by Gasteiger charge is -2.25. The molecule has 240 valence electrons. The van der Waals surface area contributed by atoms with Crippen molar-refractivity contribution in [1.82, 2.24) is 4.98 Å². The van der Waals surface area contributed by atoms with Crippen LogP contribution in [0.3, 0.4) is 0 Å². The number of anilines is 4. The van der Waals surface area contributed by atoms with E-state index in [1.165, 1.54) is 49.8 Å². The molecule has 0 aliphatic rings. The van der Waals surface area contributed by atoms with Gasteiger partial charge in [-0.1, -0.05) is 85.0 Å². The van der Waals surface area contributed by atoms with Gasteiger partial charge in [-0.25, -0.2) is 4.98 Å². The zero-order valence-corrected chi connectivity index (χ0v) is 29.6. The topological polar surface area (TPSA) is 22.6 Å². The lowest BCUT2D eigenvalue weighted by Crippen LogP contribution is -2.21. The summed E-state index contributed by atoms with van der Waals surface area (Å²) in [7, 11) is 0. The number of aromatic nitrogens is 1. The molecular weight excluding hydrogens is 581 g/mol. The highest BCUT2D eigenvalue weighted by molar-refractivity contribution is 7.16. The summed E-state index contributed by atoms with van der Waals surface area (Å²) in [6.07, 6.45) is 0.958. The molecule has 0 N–H and O–H groups in total. The van der Waals surface area contributed by atoms with E-state index in [2.05, 4.69) is 160 Å². The first-order chi connectivity index (χ1) is 22.5. The quantitative estimate of drug-likeness (QED) is 0.122.